The highest BCUT2D eigenvalue weighted by Gasteiger charge is 2.21. The van der Waals surface area contributed by atoms with Crippen LogP contribution < -0.4 is 5.32 Å². The van der Waals surface area contributed by atoms with E-state index >= 15 is 0 Å². The van der Waals surface area contributed by atoms with Gasteiger partial charge in [-0.05, 0) is 26.2 Å². The second-order valence-electron chi connectivity index (χ2n) is 4.89. The predicted octanol–water partition coefficient (Wildman–Crippen LogP) is 2.76. The quantitative estimate of drug-likeness (QED) is 0.342. The van der Waals surface area contributed by atoms with Gasteiger partial charge in [0.2, 0.25) is 0 Å². The zero-order chi connectivity index (χ0) is 16.5. The summed E-state index contributed by atoms with van der Waals surface area (Å²) in [6.45, 7) is 7.95. The van der Waals surface area contributed by atoms with E-state index in [0.717, 1.165) is 12.1 Å². The Morgan fingerprint density at radius 1 is 1.27 bits per heavy atom. The van der Waals surface area contributed by atoms with Gasteiger partial charge in [0.25, 0.3) is 0 Å². The molecule has 0 fully saturated rings. The third kappa shape index (κ3) is 5.85. The van der Waals surface area contributed by atoms with Crippen molar-refractivity contribution in [1.29, 1.82) is 0 Å². The fraction of sp³-hybridized carbons (Fsp3) is 0.533. The largest absolute Gasteiger partial charge is 0.462 e. The van der Waals surface area contributed by atoms with Crippen LogP contribution in [-0.4, -0.2) is 30.1 Å². The number of anilines is 1. The highest BCUT2D eigenvalue weighted by molar-refractivity contribution is 7.13. The third-order valence-electron chi connectivity index (χ3n) is 2.50. The smallest absolute Gasteiger partial charge is 0.347 e. The summed E-state index contributed by atoms with van der Waals surface area (Å²) in [7, 11) is 0. The molecular weight excluding hydrogens is 304 g/mol. The molecule has 1 aromatic heterocycles. The zero-order valence-electron chi connectivity index (χ0n) is 13.3. The summed E-state index contributed by atoms with van der Waals surface area (Å²) in [6.07, 6.45) is 2.17. The van der Waals surface area contributed by atoms with Gasteiger partial charge in [-0.3, -0.25) is 0 Å². The van der Waals surface area contributed by atoms with Crippen molar-refractivity contribution in [3.8, 4) is 0 Å². The molecule has 1 N–H and O–H groups in total. The Kier molecular flexibility index (Phi) is 7.59. The molecule has 6 nitrogen and oxygen atoms in total. The van der Waals surface area contributed by atoms with Crippen LogP contribution in [0.4, 0.5) is 5.13 Å². The molecule has 0 aliphatic rings. The first-order valence-electron chi connectivity index (χ1n) is 7.23. The predicted molar refractivity (Wildman–Crippen MR) is 85.6 cm³/mol. The molecule has 7 heteroatoms. The van der Waals surface area contributed by atoms with E-state index in [2.05, 4.69) is 24.1 Å². The molecule has 1 heterocycles. The zero-order valence-corrected chi connectivity index (χ0v) is 14.2. The highest BCUT2D eigenvalue weighted by Crippen LogP contribution is 2.18. The van der Waals surface area contributed by atoms with Crippen LogP contribution >= 0.6 is 11.3 Å². The fourth-order valence-electron chi connectivity index (χ4n) is 1.64. The molecule has 0 aromatic carbocycles. The van der Waals surface area contributed by atoms with E-state index in [0.29, 0.717) is 11.0 Å². The van der Waals surface area contributed by atoms with Crippen LogP contribution in [0.25, 0.3) is 0 Å². The van der Waals surface area contributed by atoms with Gasteiger partial charge < -0.3 is 14.8 Å². The number of nitrogens with zero attached hydrogens (tertiary/aromatic N) is 1. The van der Waals surface area contributed by atoms with Gasteiger partial charge in [-0.15, -0.1) is 11.3 Å². The minimum absolute atomic E-state index is 0.177. The number of rotatable bonds is 8. The molecule has 0 aliphatic carbocycles. The molecule has 0 unspecified atom stereocenters. The van der Waals surface area contributed by atoms with Crippen LogP contribution in [-0.2, 0) is 25.5 Å². The molecule has 0 atom stereocenters. The van der Waals surface area contributed by atoms with Crippen LogP contribution in [0.5, 0.6) is 0 Å². The lowest BCUT2D eigenvalue weighted by molar-refractivity contribution is -0.146. The van der Waals surface area contributed by atoms with E-state index in [1.165, 1.54) is 17.5 Å². The number of thiazole rings is 1. The monoisotopic (exact) mass is 326 g/mol. The Labute approximate surface area is 134 Å². The van der Waals surface area contributed by atoms with Crippen LogP contribution in [0.2, 0.25) is 0 Å². The van der Waals surface area contributed by atoms with E-state index in [1.54, 1.807) is 13.8 Å². The van der Waals surface area contributed by atoms with Crippen molar-refractivity contribution < 1.29 is 19.1 Å². The summed E-state index contributed by atoms with van der Waals surface area (Å²) in [5.41, 5.74) is 0.800. The first kappa shape index (κ1) is 18.2. The first-order chi connectivity index (χ1) is 10.5. The number of carbonyl (C=O) groups excluding carboxylic acids is 2. The number of hydrogen-bond acceptors (Lipinski definition) is 7. The number of hydrogen-bond donors (Lipinski definition) is 1. The number of ether oxygens (including phenoxy) is 2. The Balaban J connectivity index is 2.81. The highest BCUT2D eigenvalue weighted by atomic mass is 32.1. The summed E-state index contributed by atoms with van der Waals surface area (Å²) >= 11 is 1.41. The molecule has 0 amide bonds. The van der Waals surface area contributed by atoms with Crippen molar-refractivity contribution in [2.24, 2.45) is 5.92 Å². The minimum Gasteiger partial charge on any atom is -0.462 e. The normalized spacial score (nSPS) is 10.2. The van der Waals surface area contributed by atoms with Crippen molar-refractivity contribution in [1.82, 2.24) is 4.98 Å². The van der Waals surface area contributed by atoms with E-state index in [1.807, 2.05) is 5.38 Å². The summed E-state index contributed by atoms with van der Waals surface area (Å²) < 4.78 is 9.71. The lowest BCUT2D eigenvalue weighted by atomic mass is 10.1. The minimum atomic E-state index is -0.715. The SMILES string of the molecule is CCOC(=O)C(=CNc1nc(CC(C)C)cs1)C(=O)OCC. The van der Waals surface area contributed by atoms with Crippen molar-refractivity contribution >= 4 is 28.4 Å². The average molecular weight is 326 g/mol. The summed E-state index contributed by atoms with van der Waals surface area (Å²) in [5, 5.41) is 5.42. The van der Waals surface area contributed by atoms with Gasteiger partial charge >= 0.3 is 11.9 Å². The van der Waals surface area contributed by atoms with Crippen LogP contribution in [0.15, 0.2) is 17.2 Å². The molecular formula is C15H22N2O4S. The maximum Gasteiger partial charge on any atom is 0.347 e. The second kappa shape index (κ2) is 9.19. The fourth-order valence-corrected chi connectivity index (χ4v) is 2.33. The van der Waals surface area contributed by atoms with Crippen molar-refractivity contribution in [3.05, 3.63) is 22.8 Å². The van der Waals surface area contributed by atoms with E-state index in [9.17, 15) is 9.59 Å². The van der Waals surface area contributed by atoms with Gasteiger partial charge in [-0.25, -0.2) is 14.6 Å². The maximum atomic E-state index is 11.8. The third-order valence-corrected chi connectivity index (χ3v) is 3.32. The van der Waals surface area contributed by atoms with E-state index in [-0.39, 0.29) is 18.8 Å². The molecule has 0 saturated carbocycles. The first-order valence-corrected chi connectivity index (χ1v) is 8.11. The van der Waals surface area contributed by atoms with Gasteiger partial charge in [0.15, 0.2) is 10.7 Å². The number of esters is 2. The summed E-state index contributed by atoms with van der Waals surface area (Å²) in [6, 6.07) is 0. The van der Waals surface area contributed by atoms with Gasteiger partial charge in [-0.1, -0.05) is 13.8 Å². The van der Waals surface area contributed by atoms with Crippen LogP contribution in [0.1, 0.15) is 33.4 Å². The standard InChI is InChI=1S/C15H22N2O4S/c1-5-20-13(18)12(14(19)21-6-2)8-16-15-17-11(9-22-15)7-10(3)4/h8-10H,5-7H2,1-4H3,(H,16,17). The molecule has 0 radical (unpaired) electrons. The van der Waals surface area contributed by atoms with Crippen molar-refractivity contribution in [2.45, 2.75) is 34.1 Å². The Hall–Kier alpha value is -1.89. The Bertz CT molecular complexity index is 517. The van der Waals surface area contributed by atoms with Gasteiger partial charge in [0.05, 0.1) is 18.9 Å². The molecule has 0 aliphatic heterocycles. The lowest BCUT2D eigenvalue weighted by Gasteiger charge is -2.06. The number of carbonyl (C=O) groups is 2. The second-order valence-corrected chi connectivity index (χ2v) is 5.74. The van der Waals surface area contributed by atoms with E-state index < -0.39 is 11.9 Å². The summed E-state index contributed by atoms with van der Waals surface area (Å²) in [5.74, 6) is -0.917. The van der Waals surface area contributed by atoms with Gasteiger partial charge in [-0.2, -0.15) is 0 Å². The molecule has 0 spiro atoms. The molecule has 1 aromatic rings. The Morgan fingerprint density at radius 2 is 1.86 bits per heavy atom. The summed E-state index contributed by atoms with van der Waals surface area (Å²) in [4.78, 5) is 28.0. The van der Waals surface area contributed by atoms with Crippen LogP contribution in [0, 0.1) is 5.92 Å². The average Bonchev–Trinajstić information content (AvgIpc) is 2.86. The number of nitrogens with one attached hydrogen (secondary N) is 1. The Morgan fingerprint density at radius 3 is 2.36 bits per heavy atom. The van der Waals surface area contributed by atoms with Crippen molar-refractivity contribution in [2.75, 3.05) is 18.5 Å². The number of aromatic nitrogens is 1. The lowest BCUT2D eigenvalue weighted by Crippen LogP contribution is -2.19. The van der Waals surface area contributed by atoms with Gasteiger partial charge in [0, 0.05) is 11.6 Å². The molecule has 0 bridgehead atoms. The molecule has 22 heavy (non-hydrogen) atoms. The topological polar surface area (TPSA) is 77.5 Å². The molecule has 0 saturated heterocycles. The van der Waals surface area contributed by atoms with Gasteiger partial charge in [0.1, 0.15) is 0 Å². The van der Waals surface area contributed by atoms with Crippen LogP contribution in [0.3, 0.4) is 0 Å². The maximum absolute atomic E-state index is 11.8. The molecule has 1 rings (SSSR count). The van der Waals surface area contributed by atoms with Crippen molar-refractivity contribution in [3.63, 3.8) is 0 Å². The van der Waals surface area contributed by atoms with E-state index in [4.69, 9.17) is 9.47 Å². The molecule has 122 valence electrons.